The normalized spacial score (nSPS) is 9.35. The molecule has 0 bridgehead atoms. The number of benzene rings is 1. The molecule has 20 heavy (non-hydrogen) atoms. The van der Waals surface area contributed by atoms with Crippen LogP contribution in [0.5, 0.6) is 0 Å². The molecule has 0 atom stereocenters. The highest BCUT2D eigenvalue weighted by Gasteiger charge is 2.09. The number of terminal acetylenes is 1. The third-order valence-corrected chi connectivity index (χ3v) is 2.00. The van der Waals surface area contributed by atoms with Gasteiger partial charge in [-0.05, 0) is 18.2 Å². The minimum Gasteiger partial charge on any atom is -0.480 e. The lowest BCUT2D eigenvalue weighted by Crippen LogP contribution is -2.37. The SMILES string of the molecule is C#Cc1cccc(NC(=O)NC(=O)COCC(=O)O)c1. The fourth-order valence-corrected chi connectivity index (χ4v) is 1.24. The number of anilines is 1. The zero-order valence-corrected chi connectivity index (χ0v) is 10.4. The van der Waals surface area contributed by atoms with Gasteiger partial charge in [-0.15, -0.1) is 6.42 Å². The quantitative estimate of drug-likeness (QED) is 0.676. The zero-order valence-electron chi connectivity index (χ0n) is 10.4. The van der Waals surface area contributed by atoms with Gasteiger partial charge in [-0.25, -0.2) is 9.59 Å². The van der Waals surface area contributed by atoms with E-state index in [0.717, 1.165) is 0 Å². The van der Waals surface area contributed by atoms with Crippen molar-refractivity contribution in [2.45, 2.75) is 0 Å². The van der Waals surface area contributed by atoms with E-state index in [1.165, 1.54) is 0 Å². The van der Waals surface area contributed by atoms with Gasteiger partial charge >= 0.3 is 12.0 Å². The minimum absolute atomic E-state index is 0.428. The Hall–Kier alpha value is -2.85. The molecule has 0 spiro atoms. The summed E-state index contributed by atoms with van der Waals surface area (Å²) in [5.41, 5.74) is 1.01. The van der Waals surface area contributed by atoms with Crippen molar-refractivity contribution in [2.24, 2.45) is 0 Å². The van der Waals surface area contributed by atoms with Crippen molar-refractivity contribution < 1.29 is 24.2 Å². The molecule has 0 aliphatic carbocycles. The molecular weight excluding hydrogens is 264 g/mol. The maximum Gasteiger partial charge on any atom is 0.329 e. The molecule has 104 valence electrons. The Bertz CT molecular complexity index is 562. The summed E-state index contributed by atoms with van der Waals surface area (Å²) in [4.78, 5) is 32.8. The summed E-state index contributed by atoms with van der Waals surface area (Å²) < 4.78 is 4.53. The number of ether oxygens (including phenoxy) is 1. The van der Waals surface area contributed by atoms with E-state index in [1.807, 2.05) is 5.32 Å². The van der Waals surface area contributed by atoms with Crippen molar-refractivity contribution in [3.05, 3.63) is 29.8 Å². The smallest absolute Gasteiger partial charge is 0.329 e. The topological polar surface area (TPSA) is 105 Å². The molecule has 1 aromatic rings. The van der Waals surface area contributed by atoms with Crippen molar-refractivity contribution in [1.29, 1.82) is 0 Å². The first-order valence-corrected chi connectivity index (χ1v) is 5.48. The molecule has 0 unspecified atom stereocenters. The summed E-state index contributed by atoms with van der Waals surface area (Å²) in [6.07, 6.45) is 5.21. The maximum absolute atomic E-state index is 11.5. The number of carbonyl (C=O) groups is 3. The number of aliphatic carboxylic acids is 1. The van der Waals surface area contributed by atoms with Crippen molar-refractivity contribution >= 4 is 23.6 Å². The molecule has 0 saturated heterocycles. The van der Waals surface area contributed by atoms with Gasteiger partial charge in [-0.3, -0.25) is 10.1 Å². The van der Waals surface area contributed by atoms with E-state index >= 15 is 0 Å². The fraction of sp³-hybridized carbons (Fsp3) is 0.154. The fourth-order valence-electron chi connectivity index (χ4n) is 1.24. The van der Waals surface area contributed by atoms with E-state index in [-0.39, 0.29) is 0 Å². The molecule has 3 N–H and O–H groups in total. The maximum atomic E-state index is 11.5. The average molecular weight is 276 g/mol. The van der Waals surface area contributed by atoms with Gasteiger partial charge in [0.05, 0.1) is 0 Å². The number of hydrogen-bond donors (Lipinski definition) is 3. The lowest BCUT2D eigenvalue weighted by Gasteiger charge is -2.07. The minimum atomic E-state index is -1.20. The van der Waals surface area contributed by atoms with Crippen LogP contribution >= 0.6 is 0 Å². The van der Waals surface area contributed by atoms with Crippen LogP contribution in [0.1, 0.15) is 5.56 Å². The van der Waals surface area contributed by atoms with Crippen LogP contribution in [0.2, 0.25) is 0 Å². The first kappa shape index (κ1) is 15.2. The van der Waals surface area contributed by atoms with Crippen LogP contribution in [0.15, 0.2) is 24.3 Å². The second-order valence-electron chi connectivity index (χ2n) is 3.61. The number of nitrogens with one attached hydrogen (secondary N) is 2. The monoisotopic (exact) mass is 276 g/mol. The molecule has 0 heterocycles. The van der Waals surface area contributed by atoms with Gasteiger partial charge < -0.3 is 15.2 Å². The predicted octanol–water partition coefficient (Wildman–Crippen LogP) is 0.417. The van der Waals surface area contributed by atoms with Gasteiger partial charge in [-0.2, -0.15) is 0 Å². The van der Waals surface area contributed by atoms with E-state index in [4.69, 9.17) is 11.5 Å². The van der Waals surface area contributed by atoms with E-state index in [2.05, 4.69) is 16.0 Å². The third-order valence-electron chi connectivity index (χ3n) is 2.00. The highest BCUT2D eigenvalue weighted by atomic mass is 16.5. The number of hydrogen-bond acceptors (Lipinski definition) is 4. The van der Waals surface area contributed by atoms with Gasteiger partial charge in [-0.1, -0.05) is 12.0 Å². The van der Waals surface area contributed by atoms with Gasteiger partial charge in [0.2, 0.25) is 0 Å². The van der Waals surface area contributed by atoms with Gasteiger partial charge in [0, 0.05) is 11.3 Å². The first-order chi connectivity index (χ1) is 9.51. The molecule has 0 aliphatic heterocycles. The molecule has 7 heteroatoms. The highest BCUT2D eigenvalue weighted by Crippen LogP contribution is 2.09. The second kappa shape index (κ2) is 7.56. The van der Waals surface area contributed by atoms with Crippen LogP contribution in [0.3, 0.4) is 0 Å². The van der Waals surface area contributed by atoms with Crippen LogP contribution in [-0.4, -0.2) is 36.2 Å². The van der Waals surface area contributed by atoms with Crippen molar-refractivity contribution in [3.8, 4) is 12.3 Å². The number of urea groups is 1. The largest absolute Gasteiger partial charge is 0.480 e. The Kier molecular flexibility index (Phi) is 5.75. The van der Waals surface area contributed by atoms with E-state index in [0.29, 0.717) is 11.3 Å². The molecule has 0 radical (unpaired) electrons. The number of carbonyl (C=O) groups excluding carboxylic acids is 2. The molecule has 0 aliphatic rings. The Balaban J connectivity index is 2.41. The van der Waals surface area contributed by atoms with Crippen LogP contribution in [-0.2, 0) is 14.3 Å². The second-order valence-corrected chi connectivity index (χ2v) is 3.61. The zero-order chi connectivity index (χ0) is 15.0. The van der Waals surface area contributed by atoms with Crippen molar-refractivity contribution in [1.82, 2.24) is 5.32 Å². The van der Waals surface area contributed by atoms with Gasteiger partial charge in [0.25, 0.3) is 5.91 Å². The number of carboxylic acids is 1. The average Bonchev–Trinajstić information content (AvgIpc) is 2.38. The number of imide groups is 1. The molecule has 0 fully saturated rings. The Morgan fingerprint density at radius 1 is 1.30 bits per heavy atom. The van der Waals surface area contributed by atoms with E-state index < -0.39 is 31.1 Å². The number of carboxylic acid groups (broad SMARTS) is 1. The molecule has 1 aromatic carbocycles. The van der Waals surface area contributed by atoms with E-state index in [1.54, 1.807) is 24.3 Å². The van der Waals surface area contributed by atoms with Crippen molar-refractivity contribution in [2.75, 3.05) is 18.5 Å². The Labute approximate surface area is 114 Å². The van der Waals surface area contributed by atoms with Crippen molar-refractivity contribution in [3.63, 3.8) is 0 Å². The summed E-state index contributed by atoms with van der Waals surface area (Å²) in [5, 5.41) is 12.7. The van der Waals surface area contributed by atoms with Gasteiger partial charge in [0.1, 0.15) is 13.2 Å². The molecule has 1 rings (SSSR count). The summed E-state index contributed by atoms with van der Waals surface area (Å²) in [6.45, 7) is -1.14. The highest BCUT2D eigenvalue weighted by molar-refractivity contribution is 6.01. The molecule has 3 amide bonds. The first-order valence-electron chi connectivity index (χ1n) is 5.48. The molecular formula is C13H12N2O5. The van der Waals surface area contributed by atoms with Crippen LogP contribution < -0.4 is 10.6 Å². The van der Waals surface area contributed by atoms with Crippen LogP contribution in [0.25, 0.3) is 0 Å². The van der Waals surface area contributed by atoms with Gasteiger partial charge in [0.15, 0.2) is 0 Å². The van der Waals surface area contributed by atoms with E-state index in [9.17, 15) is 14.4 Å². The predicted molar refractivity (Wildman–Crippen MR) is 70.0 cm³/mol. The summed E-state index contributed by atoms with van der Waals surface area (Å²) in [5.74, 6) is 0.452. The number of rotatable bonds is 5. The standard InChI is InChI=1S/C13H12N2O5/c1-2-9-4-3-5-10(6-9)14-13(19)15-11(16)7-20-8-12(17)18/h1,3-6H,7-8H2,(H,17,18)(H2,14,15,16,19). The lowest BCUT2D eigenvalue weighted by atomic mass is 10.2. The number of amides is 3. The van der Waals surface area contributed by atoms with Crippen LogP contribution in [0.4, 0.5) is 10.5 Å². The summed E-state index contributed by atoms with van der Waals surface area (Å²) >= 11 is 0. The van der Waals surface area contributed by atoms with Crippen LogP contribution in [0, 0.1) is 12.3 Å². The molecule has 7 nitrogen and oxygen atoms in total. The lowest BCUT2D eigenvalue weighted by molar-refractivity contribution is -0.143. The Morgan fingerprint density at radius 3 is 2.70 bits per heavy atom. The Morgan fingerprint density at radius 2 is 2.05 bits per heavy atom. The summed E-state index contributed by atoms with van der Waals surface area (Å²) in [6, 6.07) is 5.75. The molecule has 0 aromatic heterocycles. The third kappa shape index (κ3) is 5.66. The molecule has 0 saturated carbocycles. The summed E-state index contributed by atoms with van der Waals surface area (Å²) in [7, 11) is 0.